The second-order valence-electron chi connectivity index (χ2n) is 7.38. The van der Waals surface area contributed by atoms with Crippen molar-refractivity contribution in [2.75, 3.05) is 6.54 Å². The maximum absolute atomic E-state index is 13.2. The van der Waals surface area contributed by atoms with E-state index in [4.69, 9.17) is 0 Å². The van der Waals surface area contributed by atoms with E-state index >= 15 is 0 Å². The van der Waals surface area contributed by atoms with Crippen LogP contribution in [0.2, 0.25) is 0 Å². The third kappa shape index (κ3) is 5.01. The zero-order chi connectivity index (χ0) is 22.6. The Hall–Kier alpha value is -3.14. The number of carbonyl (C=O) groups is 1. The van der Waals surface area contributed by atoms with Crippen LogP contribution in [0.5, 0.6) is 0 Å². The maximum Gasteiger partial charge on any atom is 0.243 e. The van der Waals surface area contributed by atoms with E-state index in [0.29, 0.717) is 24.0 Å². The molecule has 0 aliphatic heterocycles. The van der Waals surface area contributed by atoms with Crippen molar-refractivity contribution in [3.05, 3.63) is 89.5 Å². The van der Waals surface area contributed by atoms with Crippen LogP contribution in [0.3, 0.4) is 0 Å². The van der Waals surface area contributed by atoms with Crippen LogP contribution in [0, 0.1) is 6.92 Å². The second kappa shape index (κ2) is 9.56. The van der Waals surface area contributed by atoms with Crippen molar-refractivity contribution in [3.63, 3.8) is 0 Å². The standard InChI is InChI=1S/C23H22N4O3S2/c1-16-7-5-8-17(15-16)13-14-24-23(28)21(18-9-3-2-4-10-18)27-32(29,30)20-12-6-11-19-22(20)26-31-25-19/h2-12,15,21,27H,13-14H2,1H3,(H,24,28)/t21-/m0/s1. The van der Waals surface area contributed by atoms with Crippen LogP contribution in [0.15, 0.2) is 77.7 Å². The zero-order valence-electron chi connectivity index (χ0n) is 17.4. The molecule has 0 aliphatic carbocycles. The van der Waals surface area contributed by atoms with Crippen molar-refractivity contribution in [1.82, 2.24) is 18.8 Å². The Labute approximate surface area is 190 Å². The maximum atomic E-state index is 13.2. The first-order valence-electron chi connectivity index (χ1n) is 10.1. The van der Waals surface area contributed by atoms with Gasteiger partial charge in [0.2, 0.25) is 15.9 Å². The lowest BCUT2D eigenvalue weighted by Gasteiger charge is -2.19. The summed E-state index contributed by atoms with van der Waals surface area (Å²) in [6.45, 7) is 2.40. The van der Waals surface area contributed by atoms with Gasteiger partial charge in [-0.15, -0.1) is 0 Å². The number of fused-ring (bicyclic) bond motifs is 1. The molecule has 3 aromatic carbocycles. The summed E-state index contributed by atoms with van der Waals surface area (Å²) < 4.78 is 37.2. The Kier molecular flexibility index (Phi) is 6.59. The van der Waals surface area contributed by atoms with E-state index in [1.54, 1.807) is 36.4 Å². The summed E-state index contributed by atoms with van der Waals surface area (Å²) in [5, 5.41) is 2.86. The molecule has 0 bridgehead atoms. The Bertz CT molecular complexity index is 1340. The number of nitrogens with one attached hydrogen (secondary N) is 2. The average molecular weight is 467 g/mol. The van der Waals surface area contributed by atoms with Gasteiger partial charge in [-0.2, -0.15) is 13.5 Å². The molecule has 164 valence electrons. The van der Waals surface area contributed by atoms with Crippen LogP contribution in [0.4, 0.5) is 0 Å². The molecule has 4 rings (SSSR count). The third-order valence-electron chi connectivity index (χ3n) is 5.00. The van der Waals surface area contributed by atoms with Gasteiger partial charge in [0, 0.05) is 6.54 Å². The van der Waals surface area contributed by atoms with Crippen LogP contribution in [0.25, 0.3) is 11.0 Å². The number of hydrogen-bond acceptors (Lipinski definition) is 6. The molecule has 32 heavy (non-hydrogen) atoms. The van der Waals surface area contributed by atoms with Crippen molar-refractivity contribution < 1.29 is 13.2 Å². The normalized spacial score (nSPS) is 12.5. The molecule has 0 radical (unpaired) electrons. The van der Waals surface area contributed by atoms with Gasteiger partial charge in [-0.05, 0) is 36.6 Å². The summed E-state index contributed by atoms with van der Waals surface area (Å²) in [4.78, 5) is 13.1. The highest BCUT2D eigenvalue weighted by molar-refractivity contribution is 7.89. The number of sulfonamides is 1. The highest BCUT2D eigenvalue weighted by Gasteiger charge is 2.29. The first-order chi connectivity index (χ1) is 15.4. The molecule has 7 nitrogen and oxygen atoms in total. The molecule has 1 heterocycles. The Balaban J connectivity index is 1.55. The van der Waals surface area contributed by atoms with E-state index in [0.717, 1.165) is 22.9 Å². The molecule has 0 fully saturated rings. The Morgan fingerprint density at radius 1 is 1.00 bits per heavy atom. The summed E-state index contributed by atoms with van der Waals surface area (Å²) in [7, 11) is -4.04. The van der Waals surface area contributed by atoms with E-state index in [1.807, 2.05) is 31.2 Å². The van der Waals surface area contributed by atoms with E-state index in [-0.39, 0.29) is 10.4 Å². The minimum absolute atomic E-state index is 0.00255. The summed E-state index contributed by atoms with van der Waals surface area (Å²) >= 11 is 0.943. The predicted octanol–water partition coefficient (Wildman–Crippen LogP) is 3.38. The first kappa shape index (κ1) is 22.1. The molecule has 1 amide bonds. The number of hydrogen-bond donors (Lipinski definition) is 2. The van der Waals surface area contributed by atoms with Gasteiger partial charge >= 0.3 is 0 Å². The molecule has 9 heteroatoms. The topological polar surface area (TPSA) is 101 Å². The molecule has 0 saturated heterocycles. The van der Waals surface area contributed by atoms with E-state index < -0.39 is 22.0 Å². The van der Waals surface area contributed by atoms with Crippen LogP contribution in [0.1, 0.15) is 22.7 Å². The van der Waals surface area contributed by atoms with Crippen molar-refractivity contribution in [2.45, 2.75) is 24.3 Å². The highest BCUT2D eigenvalue weighted by atomic mass is 32.2. The van der Waals surface area contributed by atoms with E-state index in [2.05, 4.69) is 24.9 Å². The van der Waals surface area contributed by atoms with Crippen molar-refractivity contribution in [3.8, 4) is 0 Å². The number of nitrogens with zero attached hydrogens (tertiary/aromatic N) is 2. The lowest BCUT2D eigenvalue weighted by molar-refractivity contribution is -0.122. The quantitative estimate of drug-likeness (QED) is 0.415. The van der Waals surface area contributed by atoms with Gasteiger partial charge in [0.1, 0.15) is 22.0 Å². The van der Waals surface area contributed by atoms with Gasteiger partial charge in [0.25, 0.3) is 0 Å². The van der Waals surface area contributed by atoms with E-state index in [1.165, 1.54) is 6.07 Å². The Morgan fingerprint density at radius 2 is 1.78 bits per heavy atom. The van der Waals surface area contributed by atoms with E-state index in [9.17, 15) is 13.2 Å². The minimum Gasteiger partial charge on any atom is -0.354 e. The molecule has 4 aromatic rings. The fourth-order valence-electron chi connectivity index (χ4n) is 3.44. The van der Waals surface area contributed by atoms with Crippen molar-refractivity contribution >= 4 is 38.7 Å². The molecular weight excluding hydrogens is 444 g/mol. The number of amides is 1. The number of aromatic nitrogens is 2. The molecule has 0 unspecified atom stereocenters. The summed E-state index contributed by atoms with van der Waals surface area (Å²) in [5.74, 6) is -0.420. The fraction of sp³-hybridized carbons (Fsp3) is 0.174. The van der Waals surface area contributed by atoms with Gasteiger partial charge in [-0.1, -0.05) is 66.2 Å². The Morgan fingerprint density at radius 3 is 2.56 bits per heavy atom. The monoisotopic (exact) mass is 466 g/mol. The van der Waals surface area contributed by atoms with Crippen molar-refractivity contribution in [1.29, 1.82) is 0 Å². The predicted molar refractivity (Wildman–Crippen MR) is 125 cm³/mol. The SMILES string of the molecule is Cc1cccc(CCNC(=O)[C@@H](NS(=O)(=O)c2cccc3nsnc23)c2ccccc2)c1. The van der Waals surface area contributed by atoms with Crippen LogP contribution in [-0.4, -0.2) is 29.6 Å². The number of rotatable bonds is 8. The molecule has 0 aliphatic rings. The fourth-order valence-corrected chi connectivity index (χ4v) is 5.39. The van der Waals surface area contributed by atoms with Crippen LogP contribution < -0.4 is 10.0 Å². The summed E-state index contributed by atoms with van der Waals surface area (Å²) in [5.41, 5.74) is 3.58. The van der Waals surface area contributed by atoms with Crippen LogP contribution in [-0.2, 0) is 21.2 Å². The largest absolute Gasteiger partial charge is 0.354 e. The lowest BCUT2D eigenvalue weighted by Crippen LogP contribution is -2.41. The third-order valence-corrected chi connectivity index (χ3v) is 7.00. The average Bonchev–Trinajstić information content (AvgIpc) is 3.27. The molecule has 0 saturated carbocycles. The second-order valence-corrected chi connectivity index (χ2v) is 9.59. The van der Waals surface area contributed by atoms with Gasteiger partial charge < -0.3 is 5.32 Å². The molecule has 1 atom stereocenters. The summed E-state index contributed by atoms with van der Waals surface area (Å²) in [6.07, 6.45) is 0.644. The smallest absolute Gasteiger partial charge is 0.243 e. The van der Waals surface area contributed by atoms with Gasteiger partial charge in [0.05, 0.1) is 11.7 Å². The molecular formula is C23H22N4O3S2. The van der Waals surface area contributed by atoms with Crippen LogP contribution >= 0.6 is 11.7 Å². The molecule has 2 N–H and O–H groups in total. The molecule has 0 spiro atoms. The summed E-state index contributed by atoms with van der Waals surface area (Å²) in [6, 6.07) is 20.5. The van der Waals surface area contributed by atoms with Gasteiger partial charge in [-0.3, -0.25) is 4.79 Å². The van der Waals surface area contributed by atoms with Gasteiger partial charge in [-0.25, -0.2) is 8.42 Å². The van der Waals surface area contributed by atoms with Crippen molar-refractivity contribution in [2.24, 2.45) is 0 Å². The number of benzene rings is 3. The number of aryl methyl sites for hydroxylation is 1. The lowest BCUT2D eigenvalue weighted by atomic mass is 10.1. The highest BCUT2D eigenvalue weighted by Crippen LogP contribution is 2.23. The number of carbonyl (C=O) groups excluding carboxylic acids is 1. The molecule has 1 aromatic heterocycles. The van der Waals surface area contributed by atoms with Gasteiger partial charge in [0.15, 0.2) is 0 Å². The zero-order valence-corrected chi connectivity index (χ0v) is 19.0. The minimum atomic E-state index is -4.04. The first-order valence-corrected chi connectivity index (χ1v) is 12.3.